The summed E-state index contributed by atoms with van der Waals surface area (Å²) in [6.07, 6.45) is 3.15. The molecule has 0 aliphatic rings. The van der Waals surface area contributed by atoms with E-state index in [9.17, 15) is 0 Å². The monoisotopic (exact) mass is 432 g/mol. The van der Waals surface area contributed by atoms with Crippen molar-refractivity contribution < 1.29 is 4.74 Å². The van der Waals surface area contributed by atoms with Crippen LogP contribution in [0.2, 0.25) is 0 Å². The van der Waals surface area contributed by atoms with Gasteiger partial charge < -0.3 is 9.30 Å². The molecule has 1 aromatic carbocycles. The summed E-state index contributed by atoms with van der Waals surface area (Å²) in [4.78, 5) is 5.09. The molecule has 4 aromatic rings. The Hall–Kier alpha value is -2.66. The highest BCUT2D eigenvalue weighted by Crippen LogP contribution is 2.36. The maximum Gasteiger partial charge on any atom is 0.165 e. The Morgan fingerprint density at radius 1 is 0.906 bits per heavy atom. The number of ether oxygens (including phenoxy) is 1. The first-order valence-electron chi connectivity index (χ1n) is 11.9. The van der Waals surface area contributed by atoms with E-state index >= 15 is 0 Å². The van der Waals surface area contributed by atoms with Crippen molar-refractivity contribution in [2.24, 2.45) is 0 Å². The molecular weight excluding hydrogens is 396 g/mol. The lowest BCUT2D eigenvalue weighted by Gasteiger charge is -2.13. The summed E-state index contributed by atoms with van der Waals surface area (Å²) in [7, 11) is 0. The molecule has 0 bridgehead atoms. The Morgan fingerprint density at radius 3 is 2.28 bits per heavy atom. The van der Waals surface area contributed by atoms with Gasteiger partial charge in [-0.1, -0.05) is 31.0 Å². The molecule has 170 valence electrons. The van der Waals surface area contributed by atoms with Crippen molar-refractivity contribution in [3.05, 3.63) is 52.0 Å². The molecule has 3 heterocycles. The summed E-state index contributed by atoms with van der Waals surface area (Å²) < 4.78 is 10.2. The first kappa shape index (κ1) is 22.5. The summed E-state index contributed by atoms with van der Waals surface area (Å²) >= 11 is 0. The average molecular weight is 433 g/mol. The fourth-order valence-corrected chi connectivity index (χ4v) is 5.12. The number of aromatic nitrogens is 4. The van der Waals surface area contributed by atoms with Gasteiger partial charge in [-0.05, 0) is 77.1 Å². The van der Waals surface area contributed by atoms with Crippen LogP contribution in [0.1, 0.15) is 60.5 Å². The average Bonchev–Trinajstić information content (AvgIpc) is 3.24. The van der Waals surface area contributed by atoms with Gasteiger partial charge in [0.05, 0.1) is 17.0 Å². The molecule has 5 heteroatoms. The van der Waals surface area contributed by atoms with E-state index in [0.717, 1.165) is 67.3 Å². The SMILES string of the molecule is CCCc1cc2c(C)nc3c(-c4c(C)cc(C)cc4C)c(C)nn3c2n1CCCOCC. The zero-order valence-corrected chi connectivity index (χ0v) is 20.7. The topological polar surface area (TPSA) is 44.4 Å². The maximum absolute atomic E-state index is 5.62. The lowest BCUT2D eigenvalue weighted by molar-refractivity contribution is 0.141. The molecule has 0 saturated carbocycles. The van der Waals surface area contributed by atoms with Crippen molar-refractivity contribution in [2.75, 3.05) is 13.2 Å². The van der Waals surface area contributed by atoms with E-state index in [1.807, 2.05) is 0 Å². The second kappa shape index (κ2) is 9.07. The number of hydrogen-bond donors (Lipinski definition) is 0. The number of nitrogens with zero attached hydrogens (tertiary/aromatic N) is 4. The fourth-order valence-electron chi connectivity index (χ4n) is 5.12. The van der Waals surface area contributed by atoms with E-state index in [-0.39, 0.29) is 0 Å². The van der Waals surface area contributed by atoms with Gasteiger partial charge in [-0.3, -0.25) is 0 Å². The van der Waals surface area contributed by atoms with Gasteiger partial charge in [0.2, 0.25) is 0 Å². The van der Waals surface area contributed by atoms with Crippen LogP contribution in [0.25, 0.3) is 27.8 Å². The minimum Gasteiger partial charge on any atom is -0.382 e. The molecule has 0 radical (unpaired) electrons. The largest absolute Gasteiger partial charge is 0.382 e. The van der Waals surface area contributed by atoms with Crippen LogP contribution < -0.4 is 0 Å². The van der Waals surface area contributed by atoms with Gasteiger partial charge >= 0.3 is 0 Å². The highest BCUT2D eigenvalue weighted by atomic mass is 16.5. The third-order valence-corrected chi connectivity index (χ3v) is 6.36. The molecule has 0 atom stereocenters. The maximum atomic E-state index is 5.62. The minimum atomic E-state index is 0.762. The first-order chi connectivity index (χ1) is 15.4. The minimum absolute atomic E-state index is 0.762. The van der Waals surface area contributed by atoms with Crippen molar-refractivity contribution in [3.8, 4) is 11.1 Å². The van der Waals surface area contributed by atoms with E-state index in [1.54, 1.807) is 0 Å². The third-order valence-electron chi connectivity index (χ3n) is 6.36. The second-order valence-electron chi connectivity index (χ2n) is 8.99. The highest BCUT2D eigenvalue weighted by molar-refractivity contribution is 5.90. The zero-order chi connectivity index (χ0) is 23.0. The van der Waals surface area contributed by atoms with Crippen molar-refractivity contribution in [1.82, 2.24) is 19.2 Å². The highest BCUT2D eigenvalue weighted by Gasteiger charge is 2.22. The molecule has 0 unspecified atom stereocenters. The molecule has 0 spiro atoms. The number of aryl methyl sites for hydroxylation is 7. The summed E-state index contributed by atoms with van der Waals surface area (Å²) in [5.74, 6) is 0. The smallest absolute Gasteiger partial charge is 0.165 e. The number of rotatable bonds is 8. The normalized spacial score (nSPS) is 11.8. The molecule has 32 heavy (non-hydrogen) atoms. The molecular formula is C27H36N4O. The first-order valence-corrected chi connectivity index (χ1v) is 11.9. The van der Waals surface area contributed by atoms with Crippen molar-refractivity contribution in [1.29, 1.82) is 0 Å². The Kier molecular flexibility index (Phi) is 6.38. The van der Waals surface area contributed by atoms with E-state index in [1.165, 1.54) is 33.3 Å². The van der Waals surface area contributed by atoms with Crippen LogP contribution in [0.15, 0.2) is 18.2 Å². The van der Waals surface area contributed by atoms with Gasteiger partial charge in [-0.2, -0.15) is 9.61 Å². The summed E-state index contributed by atoms with van der Waals surface area (Å²) in [5.41, 5.74) is 11.8. The number of benzene rings is 1. The molecule has 4 rings (SSSR count). The van der Waals surface area contributed by atoms with Gasteiger partial charge in [0, 0.05) is 30.8 Å². The summed E-state index contributed by atoms with van der Waals surface area (Å²) in [6, 6.07) is 6.83. The molecule has 0 aliphatic heterocycles. The van der Waals surface area contributed by atoms with Gasteiger partial charge in [0.15, 0.2) is 5.65 Å². The van der Waals surface area contributed by atoms with Crippen LogP contribution in [0, 0.1) is 34.6 Å². The summed E-state index contributed by atoms with van der Waals surface area (Å²) in [5, 5.41) is 6.24. The fraction of sp³-hybridized carbons (Fsp3) is 0.481. The van der Waals surface area contributed by atoms with Crippen LogP contribution in [0.4, 0.5) is 0 Å². The molecule has 5 nitrogen and oxygen atoms in total. The third kappa shape index (κ3) is 3.83. The van der Waals surface area contributed by atoms with Crippen LogP contribution in [0.5, 0.6) is 0 Å². The molecule has 0 fully saturated rings. The zero-order valence-electron chi connectivity index (χ0n) is 20.7. The van der Waals surface area contributed by atoms with Crippen LogP contribution in [-0.2, 0) is 17.7 Å². The molecule has 0 aliphatic carbocycles. The predicted molar refractivity (Wildman–Crippen MR) is 133 cm³/mol. The Morgan fingerprint density at radius 2 is 1.62 bits per heavy atom. The van der Waals surface area contributed by atoms with Crippen LogP contribution in [0.3, 0.4) is 0 Å². The molecule has 0 amide bonds. The van der Waals surface area contributed by atoms with Gasteiger partial charge in [-0.25, -0.2) is 4.98 Å². The van der Waals surface area contributed by atoms with Crippen molar-refractivity contribution in [2.45, 2.75) is 74.3 Å². The molecule has 0 N–H and O–H groups in total. The van der Waals surface area contributed by atoms with E-state index < -0.39 is 0 Å². The quantitative estimate of drug-likeness (QED) is 0.308. The number of fused-ring (bicyclic) bond motifs is 3. The molecule has 3 aromatic heterocycles. The predicted octanol–water partition coefficient (Wildman–Crippen LogP) is 6.27. The Bertz CT molecular complexity index is 1260. The number of hydrogen-bond acceptors (Lipinski definition) is 3. The standard InChI is InChI=1S/C27H36N4O/c1-8-11-22-16-23-20(6)28-26-25(24-18(4)14-17(3)15-19(24)5)21(7)29-31(26)27(23)30(22)12-10-13-32-9-2/h14-16H,8-13H2,1-7H3. The van der Waals surface area contributed by atoms with E-state index in [2.05, 4.69) is 75.7 Å². The van der Waals surface area contributed by atoms with E-state index in [4.69, 9.17) is 14.8 Å². The van der Waals surface area contributed by atoms with Crippen molar-refractivity contribution in [3.63, 3.8) is 0 Å². The Labute approximate surface area is 191 Å². The van der Waals surface area contributed by atoms with Gasteiger partial charge in [0.1, 0.15) is 5.65 Å². The van der Waals surface area contributed by atoms with Gasteiger partial charge in [-0.15, -0.1) is 0 Å². The summed E-state index contributed by atoms with van der Waals surface area (Å²) in [6.45, 7) is 17.5. The lowest BCUT2D eigenvalue weighted by atomic mass is 9.94. The van der Waals surface area contributed by atoms with Crippen molar-refractivity contribution >= 4 is 16.7 Å². The van der Waals surface area contributed by atoms with Crippen LogP contribution in [-0.4, -0.2) is 32.4 Å². The molecule has 0 saturated heterocycles. The van der Waals surface area contributed by atoms with Crippen LogP contribution >= 0.6 is 0 Å². The second-order valence-corrected chi connectivity index (χ2v) is 8.99. The van der Waals surface area contributed by atoms with E-state index in [0.29, 0.717) is 0 Å². The van der Waals surface area contributed by atoms with Gasteiger partial charge in [0.25, 0.3) is 0 Å². The Balaban J connectivity index is 1.99. The lowest BCUT2D eigenvalue weighted by Crippen LogP contribution is -2.09.